The Morgan fingerprint density at radius 3 is 1.11 bits per heavy atom. The summed E-state index contributed by atoms with van der Waals surface area (Å²) in [5.41, 5.74) is 0. The fourth-order valence-electron chi connectivity index (χ4n) is 14.3. The van der Waals surface area contributed by atoms with Crippen LogP contribution in [-0.2, 0) is 124 Å². The first-order valence-electron chi connectivity index (χ1n) is 38.5. The van der Waals surface area contributed by atoms with Gasteiger partial charge >= 0.3 is 48.1 Å². The summed E-state index contributed by atoms with van der Waals surface area (Å²) >= 11 is 0. The number of hydrogen-bond donors (Lipinski definition) is 15. The third kappa shape index (κ3) is 24.6. The number of aliphatic hydroxyl groups is 14. The van der Waals surface area contributed by atoms with Crippen LogP contribution in [0.2, 0.25) is 0 Å². The first kappa shape index (κ1) is 102. The summed E-state index contributed by atoms with van der Waals surface area (Å²) < 4.78 is 102. The number of nitrogens with zero attached hydrogens (tertiary/aromatic N) is 4. The van der Waals surface area contributed by atoms with Crippen molar-refractivity contribution in [3.05, 3.63) is 47.3 Å². The molecule has 48 heteroatoms. The van der Waals surface area contributed by atoms with E-state index in [-0.39, 0.29) is 65.9 Å². The molecule has 123 heavy (non-hydrogen) atoms. The Hall–Kier alpha value is -9.32. The van der Waals surface area contributed by atoms with Gasteiger partial charge in [0.25, 0.3) is 11.6 Å². The molecule has 32 atom stereocenters. The highest BCUT2D eigenvalue weighted by molar-refractivity contribution is 5.89. The lowest BCUT2D eigenvalue weighted by atomic mass is 9.83. The number of carbonyl (C=O) groups excluding carboxylic acids is 7. The highest BCUT2D eigenvalue weighted by Crippen LogP contribution is 2.40. The van der Waals surface area contributed by atoms with Crippen LogP contribution >= 0.6 is 0 Å². The van der Waals surface area contributed by atoms with Crippen molar-refractivity contribution in [3.8, 4) is 0 Å². The van der Waals surface area contributed by atoms with Crippen LogP contribution < -0.4 is 0 Å². The number of carboxylic acid groups (broad SMARTS) is 1. The minimum Gasteiger partial charge on any atom is -0.481 e. The molecular weight excluding hydrogens is 1660 g/mol. The SMILES string of the molecule is CC[C@@H](C)[C@@H](C)[C@@H]1OC(C(=O)OC)=C[C@H]2OC(C)=N[C@@H]12.COC(=O)C1(O)C[C@H](O)[C@@H](C)[C@H]([C@H](O)[C@H](O)CO)O1.COC(=O)C1=C[C@H]2OC(C)=N[C@H]2[C@H]([C@H](O)[C@H](O)CO)O1.COC(=O)C1=C[C@H]2OC(C)=N[C@H]2[C@H]([C@H](O)[C@H]2COC(=O)O2)O1.COC(=O)C1=C[C@H]2OC(C)=N[C@H]2[C@H]([C@H](OC)[C@H]2COC(=O)O2)O1.C[C@H]1[C@H]([C@H](O)[C@H](O)CO)OC(O)(C(=O)O)C[C@@H]1O.O. The summed E-state index contributed by atoms with van der Waals surface area (Å²) in [4.78, 5) is 109. The summed E-state index contributed by atoms with van der Waals surface area (Å²) in [5, 5.41) is 143. The van der Waals surface area contributed by atoms with Gasteiger partial charge in [-0.15, -0.1) is 0 Å². The Labute approximate surface area is 702 Å². The maximum atomic E-state index is 11.8. The van der Waals surface area contributed by atoms with Gasteiger partial charge in [-0.1, -0.05) is 41.0 Å². The molecule has 12 aliphatic heterocycles. The lowest BCUT2D eigenvalue weighted by Gasteiger charge is -2.43. The molecule has 48 nitrogen and oxygen atoms in total. The van der Waals surface area contributed by atoms with Crippen molar-refractivity contribution in [2.75, 3.05) is 75.7 Å². The molecule has 2 unspecified atom stereocenters. The lowest BCUT2D eigenvalue weighted by Crippen LogP contribution is -2.60. The molecule has 12 rings (SSSR count). The molecule has 12 heterocycles. The van der Waals surface area contributed by atoms with E-state index in [1.165, 1.54) is 67.6 Å². The van der Waals surface area contributed by atoms with Crippen LogP contribution in [0.5, 0.6) is 0 Å². The van der Waals surface area contributed by atoms with Gasteiger partial charge in [-0.2, -0.15) is 0 Å². The average molecular weight is 1770 g/mol. The summed E-state index contributed by atoms with van der Waals surface area (Å²) in [7, 11) is 7.52. The Bertz CT molecular complexity index is 3810. The molecule has 4 saturated heterocycles. The van der Waals surface area contributed by atoms with Crippen molar-refractivity contribution in [2.24, 2.45) is 43.6 Å². The largest absolute Gasteiger partial charge is 0.508 e. The highest BCUT2D eigenvalue weighted by Gasteiger charge is 2.57. The summed E-state index contributed by atoms with van der Waals surface area (Å²) in [5.74, 6) is -8.92. The monoisotopic (exact) mass is 1770 g/mol. The summed E-state index contributed by atoms with van der Waals surface area (Å²) in [6, 6.07) is -1.65. The van der Waals surface area contributed by atoms with Crippen LogP contribution in [0.1, 0.15) is 81.6 Å². The van der Waals surface area contributed by atoms with Gasteiger partial charge in [-0.3, -0.25) is 0 Å². The maximum absolute atomic E-state index is 11.8. The first-order chi connectivity index (χ1) is 57.5. The van der Waals surface area contributed by atoms with Gasteiger partial charge in [0.2, 0.25) is 23.0 Å². The number of ether oxygens (including phenoxy) is 20. The van der Waals surface area contributed by atoms with E-state index in [2.05, 4.69) is 59.7 Å². The van der Waals surface area contributed by atoms with Crippen molar-refractivity contribution in [3.63, 3.8) is 0 Å². The quantitative estimate of drug-likeness (QED) is 0.0335. The molecule has 17 N–H and O–H groups in total. The zero-order valence-corrected chi connectivity index (χ0v) is 69.7. The van der Waals surface area contributed by atoms with Gasteiger partial charge in [-0.05, 0) is 11.8 Å². The predicted octanol–water partition coefficient (Wildman–Crippen LogP) is -5.86. The topological polar surface area (TPSA) is 706 Å². The van der Waals surface area contributed by atoms with Crippen molar-refractivity contribution in [2.45, 2.75) is 252 Å². The van der Waals surface area contributed by atoms with Crippen LogP contribution in [0, 0.1) is 23.7 Å². The minimum atomic E-state index is -2.62. The van der Waals surface area contributed by atoms with E-state index in [0.29, 0.717) is 29.5 Å². The smallest absolute Gasteiger partial charge is 0.481 e. The fraction of sp³-hybridized carbons (Fsp3) is 0.733. The van der Waals surface area contributed by atoms with E-state index in [0.717, 1.165) is 13.5 Å². The van der Waals surface area contributed by atoms with Crippen LogP contribution in [0.25, 0.3) is 0 Å². The van der Waals surface area contributed by atoms with E-state index in [1.807, 2.05) is 6.92 Å². The Balaban J connectivity index is 0.000000228. The molecule has 12 aliphatic rings. The number of aliphatic hydroxyl groups excluding tert-OH is 12. The molecule has 4 fully saturated rings. The van der Waals surface area contributed by atoms with Crippen LogP contribution in [0.4, 0.5) is 9.59 Å². The van der Waals surface area contributed by atoms with Crippen LogP contribution in [-0.4, -0.2) is 400 Å². The van der Waals surface area contributed by atoms with E-state index in [1.54, 1.807) is 26.8 Å². The molecular formula is C75H112N4O44. The molecule has 0 aliphatic carbocycles. The zero-order chi connectivity index (χ0) is 91.0. The van der Waals surface area contributed by atoms with Crippen molar-refractivity contribution in [1.82, 2.24) is 0 Å². The first-order valence-corrected chi connectivity index (χ1v) is 38.5. The number of aliphatic carboxylic acids is 1. The number of carbonyl (C=O) groups is 8. The number of rotatable bonds is 23. The van der Waals surface area contributed by atoms with Crippen LogP contribution in [0.15, 0.2) is 67.3 Å². The molecule has 0 aromatic rings. The van der Waals surface area contributed by atoms with Gasteiger partial charge in [-0.25, -0.2) is 58.3 Å². The normalized spacial score (nSPS) is 34.3. The Morgan fingerprint density at radius 1 is 0.463 bits per heavy atom. The molecule has 0 saturated carbocycles. The molecule has 0 bridgehead atoms. The summed E-state index contributed by atoms with van der Waals surface area (Å²) in [6.07, 6.45) is -17.5. The van der Waals surface area contributed by atoms with E-state index in [4.69, 9.17) is 96.2 Å². The number of carboxylic acids is 1. The average Bonchev–Trinajstić information content (AvgIpc) is 1.86. The molecule has 0 spiro atoms. The molecule has 0 aromatic heterocycles. The van der Waals surface area contributed by atoms with Gasteiger partial charge in [0.15, 0.2) is 54.1 Å². The van der Waals surface area contributed by atoms with Crippen molar-refractivity contribution in [1.29, 1.82) is 0 Å². The minimum absolute atomic E-state index is 0. The third-order valence-corrected chi connectivity index (χ3v) is 21.5. The number of aliphatic imine (C=N–C) groups is 4. The molecule has 0 radical (unpaired) electrons. The number of fused-ring (bicyclic) bond motifs is 4. The second-order valence-electron chi connectivity index (χ2n) is 29.7. The number of cyclic esters (lactones) is 4. The number of methoxy groups -OCH3 is 6. The van der Waals surface area contributed by atoms with E-state index >= 15 is 0 Å². The zero-order valence-electron chi connectivity index (χ0n) is 69.7. The van der Waals surface area contributed by atoms with Crippen LogP contribution in [0.3, 0.4) is 0 Å². The second kappa shape index (κ2) is 45.0. The second-order valence-corrected chi connectivity index (χ2v) is 29.7. The lowest BCUT2D eigenvalue weighted by molar-refractivity contribution is -0.303. The standard InChI is InChI=1S/C15H23NO4.C14H17NO8.C13H15NO8.C12H17NO7.C11H20O8.C10H18O8.H2O/c1-6-8(2)9(3)14-13-11(19-10(4)16-13)7-12(20-14)15(17)18-5;1-6-15-10-7(21-6)4-8(13(16)19-3)22-12(10)11(18-2)9-5-20-14(17)23-9;1-5-14-9-6(20-5)3-7(12(16)18-2)21-11(9)10(15)8-4-19-13(17)22-8;1-5-13-9-7(19-5)3-8(12(17)18-2)20-11(9)10(16)6(15)4-14;1-5-6(13)3-11(17,10(16)18-2)19-9(5)8(15)7(14)4-12;1-4-5(12)2-10(17,9(15)16)18-8(4)7(14)6(13)3-11;/h7-9,11,13-14H,6H2,1-5H3;4,7,9-12H,5H2,1-3H3;3,6,8-11,15H,4H2,1-2H3;3,6-7,9-11,14-16H,4H2,1-2H3;5-9,12-15,17H,3-4H2,1-2H3;4-8,11-14,17H,2-3H2,1H3,(H,15,16);1H2/t8-,9-,11-,13-,14+;7-,9-,10-,11-,12-;6-,8-,9-,10-,11-;6-,7-,9-,10-,11-;5-,6+,7-,8-,9-,11?;4-,5+,6-,7-,8-,10?;/m111111./s1. The predicted molar refractivity (Wildman–Crippen MR) is 405 cm³/mol. The fourth-order valence-corrected chi connectivity index (χ4v) is 14.3. The van der Waals surface area contributed by atoms with Gasteiger partial charge in [0.1, 0.15) is 117 Å². The molecule has 696 valence electrons. The van der Waals surface area contributed by atoms with Gasteiger partial charge in [0.05, 0.1) is 79.8 Å². The Morgan fingerprint density at radius 2 is 0.780 bits per heavy atom. The Kier molecular flexibility index (Phi) is 37.5. The van der Waals surface area contributed by atoms with Gasteiger partial charge < -0.3 is 177 Å². The van der Waals surface area contributed by atoms with E-state index < -0.39 is 244 Å². The van der Waals surface area contributed by atoms with Crippen molar-refractivity contribution >= 4 is 71.7 Å². The third-order valence-electron chi connectivity index (χ3n) is 21.5. The number of hydrogen-bond acceptors (Lipinski definition) is 46. The number of esters is 5. The van der Waals surface area contributed by atoms with E-state index in [9.17, 15) is 94.5 Å². The summed E-state index contributed by atoms with van der Waals surface area (Å²) in [6.45, 7) is 14.1. The highest BCUT2D eigenvalue weighted by atomic mass is 16.8. The van der Waals surface area contributed by atoms with Crippen molar-refractivity contribution < 1.29 is 215 Å². The molecule has 0 amide bonds. The molecule has 0 aromatic carbocycles. The maximum Gasteiger partial charge on any atom is 0.508 e. The van der Waals surface area contributed by atoms with Gasteiger partial charge in [0, 0.05) is 83.8 Å².